The standard InChI is InChI=1S/C26H24F2N6O/c1-29-21-9-6-15(12-19(21)27)22-23(28)25(26(35)31-13-18-5-4-10-30-18)34(3)24(22)16-7-8-20-17(11-16)14-33(2)32-20/h6-9,11-12,14,18,30H,4-5,10,13H2,2-3H3,(H,31,35). The van der Waals surface area contributed by atoms with Gasteiger partial charge in [-0.05, 0) is 48.7 Å². The molecular formula is C26H24F2N6O. The molecule has 7 nitrogen and oxygen atoms in total. The fourth-order valence-corrected chi connectivity index (χ4v) is 4.78. The summed E-state index contributed by atoms with van der Waals surface area (Å²) in [4.78, 5) is 16.3. The van der Waals surface area contributed by atoms with Gasteiger partial charge in [-0.1, -0.05) is 18.2 Å². The number of nitrogens with one attached hydrogen (secondary N) is 2. The number of amides is 1. The number of hydrogen-bond donors (Lipinski definition) is 2. The third-order valence-corrected chi connectivity index (χ3v) is 6.47. The highest BCUT2D eigenvalue weighted by Gasteiger charge is 2.29. The normalized spacial score (nSPS) is 15.5. The molecule has 0 aliphatic carbocycles. The maximum Gasteiger partial charge on any atom is 0.271 e. The van der Waals surface area contributed by atoms with Crippen LogP contribution in [0.25, 0.3) is 38.1 Å². The van der Waals surface area contributed by atoms with Crippen LogP contribution in [-0.2, 0) is 14.1 Å². The van der Waals surface area contributed by atoms with Crippen molar-refractivity contribution in [1.29, 1.82) is 0 Å². The van der Waals surface area contributed by atoms with Crippen molar-refractivity contribution in [3.05, 3.63) is 71.3 Å². The van der Waals surface area contributed by atoms with Gasteiger partial charge in [0.15, 0.2) is 5.82 Å². The monoisotopic (exact) mass is 474 g/mol. The molecule has 5 rings (SSSR count). The van der Waals surface area contributed by atoms with Crippen LogP contribution in [-0.4, -0.2) is 39.4 Å². The summed E-state index contributed by atoms with van der Waals surface area (Å²) in [5.41, 5.74) is 1.96. The number of benzene rings is 2. The van der Waals surface area contributed by atoms with E-state index in [1.165, 1.54) is 16.7 Å². The number of rotatable bonds is 5. The largest absolute Gasteiger partial charge is 0.349 e. The Morgan fingerprint density at radius 1 is 1.23 bits per heavy atom. The lowest BCUT2D eigenvalue weighted by Crippen LogP contribution is -2.38. The Balaban J connectivity index is 1.65. The molecule has 3 heterocycles. The van der Waals surface area contributed by atoms with E-state index in [1.807, 2.05) is 31.4 Å². The van der Waals surface area contributed by atoms with E-state index < -0.39 is 17.5 Å². The molecule has 2 aromatic carbocycles. The molecule has 1 aliphatic heterocycles. The molecule has 9 heteroatoms. The number of carbonyl (C=O) groups is 1. The van der Waals surface area contributed by atoms with Gasteiger partial charge in [-0.3, -0.25) is 9.48 Å². The highest BCUT2D eigenvalue weighted by atomic mass is 19.1. The van der Waals surface area contributed by atoms with Crippen LogP contribution in [0.15, 0.2) is 42.6 Å². The number of fused-ring (bicyclic) bond motifs is 1. The van der Waals surface area contributed by atoms with Crippen molar-refractivity contribution < 1.29 is 13.6 Å². The van der Waals surface area contributed by atoms with Gasteiger partial charge in [0.2, 0.25) is 5.69 Å². The van der Waals surface area contributed by atoms with E-state index >= 15 is 4.39 Å². The van der Waals surface area contributed by atoms with E-state index in [0.29, 0.717) is 17.8 Å². The Morgan fingerprint density at radius 2 is 2.03 bits per heavy atom. The van der Waals surface area contributed by atoms with Crippen LogP contribution in [0.3, 0.4) is 0 Å². The zero-order valence-corrected chi connectivity index (χ0v) is 19.4. The van der Waals surface area contributed by atoms with Crippen LogP contribution >= 0.6 is 0 Å². The van der Waals surface area contributed by atoms with Crippen LogP contribution in [0.2, 0.25) is 0 Å². The minimum absolute atomic E-state index is 0.107. The smallest absolute Gasteiger partial charge is 0.271 e. The van der Waals surface area contributed by atoms with Gasteiger partial charge in [-0.15, -0.1) is 0 Å². The molecular weight excluding hydrogens is 450 g/mol. The lowest BCUT2D eigenvalue weighted by Gasteiger charge is -2.13. The van der Waals surface area contributed by atoms with Crippen LogP contribution < -0.4 is 10.6 Å². The first-order valence-corrected chi connectivity index (χ1v) is 11.4. The number of hydrogen-bond acceptors (Lipinski definition) is 3. The molecule has 2 N–H and O–H groups in total. The topological polar surface area (TPSA) is 68.2 Å². The number of halogens is 2. The number of aromatic nitrogens is 3. The third-order valence-electron chi connectivity index (χ3n) is 6.47. The van der Waals surface area contributed by atoms with E-state index in [2.05, 4.69) is 20.6 Å². The van der Waals surface area contributed by atoms with Crippen molar-refractivity contribution in [3.8, 4) is 22.4 Å². The molecule has 1 unspecified atom stereocenters. The summed E-state index contributed by atoms with van der Waals surface area (Å²) < 4.78 is 33.7. The minimum Gasteiger partial charge on any atom is -0.349 e. The predicted octanol–water partition coefficient (Wildman–Crippen LogP) is 4.56. The van der Waals surface area contributed by atoms with Crippen LogP contribution in [0.5, 0.6) is 0 Å². The highest BCUT2D eigenvalue weighted by Crippen LogP contribution is 2.40. The van der Waals surface area contributed by atoms with Gasteiger partial charge in [-0.2, -0.15) is 5.10 Å². The van der Waals surface area contributed by atoms with Crippen molar-refractivity contribution in [2.24, 2.45) is 14.1 Å². The van der Waals surface area contributed by atoms with Gasteiger partial charge in [0.05, 0.1) is 17.8 Å². The zero-order valence-electron chi connectivity index (χ0n) is 19.4. The fourth-order valence-electron chi connectivity index (χ4n) is 4.78. The molecule has 1 saturated heterocycles. The van der Waals surface area contributed by atoms with Gasteiger partial charge in [-0.25, -0.2) is 13.6 Å². The fraction of sp³-hybridized carbons (Fsp3) is 0.269. The molecule has 1 atom stereocenters. The second-order valence-corrected chi connectivity index (χ2v) is 8.80. The molecule has 178 valence electrons. The Hall–Kier alpha value is -4.03. The van der Waals surface area contributed by atoms with Crippen molar-refractivity contribution in [2.45, 2.75) is 18.9 Å². The molecule has 0 bridgehead atoms. The van der Waals surface area contributed by atoms with Crippen molar-refractivity contribution >= 4 is 22.5 Å². The third kappa shape index (κ3) is 4.06. The molecule has 0 radical (unpaired) electrons. The molecule has 4 aromatic rings. The summed E-state index contributed by atoms with van der Waals surface area (Å²) in [5, 5.41) is 11.4. The summed E-state index contributed by atoms with van der Waals surface area (Å²) in [7, 11) is 3.44. The quantitative estimate of drug-likeness (QED) is 0.417. The summed E-state index contributed by atoms with van der Waals surface area (Å²) >= 11 is 0. The number of aryl methyl sites for hydroxylation is 1. The lowest BCUT2D eigenvalue weighted by atomic mass is 9.99. The Bertz CT molecular complexity index is 1490. The summed E-state index contributed by atoms with van der Waals surface area (Å²) in [6, 6.07) is 9.63. The summed E-state index contributed by atoms with van der Waals surface area (Å²) in [6.45, 7) is 8.40. The second kappa shape index (κ2) is 8.96. The van der Waals surface area contributed by atoms with Crippen LogP contribution in [0, 0.1) is 18.2 Å². The average Bonchev–Trinajstić information content (AvgIpc) is 3.54. The molecule has 0 saturated carbocycles. The Morgan fingerprint density at radius 3 is 2.74 bits per heavy atom. The van der Waals surface area contributed by atoms with Gasteiger partial charge >= 0.3 is 0 Å². The van der Waals surface area contributed by atoms with Gasteiger partial charge in [0, 0.05) is 43.8 Å². The predicted molar refractivity (Wildman–Crippen MR) is 130 cm³/mol. The maximum absolute atomic E-state index is 16.0. The van der Waals surface area contributed by atoms with E-state index in [9.17, 15) is 9.18 Å². The summed E-state index contributed by atoms with van der Waals surface area (Å²) in [5.74, 6) is -2.01. The van der Waals surface area contributed by atoms with E-state index in [0.717, 1.165) is 36.4 Å². The second-order valence-electron chi connectivity index (χ2n) is 8.80. The maximum atomic E-state index is 16.0. The van der Waals surface area contributed by atoms with Gasteiger partial charge in [0.1, 0.15) is 11.5 Å². The van der Waals surface area contributed by atoms with E-state index in [1.54, 1.807) is 11.7 Å². The first-order chi connectivity index (χ1) is 16.9. The first kappa shape index (κ1) is 22.7. The molecule has 1 amide bonds. The van der Waals surface area contributed by atoms with E-state index in [4.69, 9.17) is 6.57 Å². The first-order valence-electron chi connectivity index (χ1n) is 11.4. The van der Waals surface area contributed by atoms with E-state index in [-0.39, 0.29) is 28.6 Å². The SMILES string of the molecule is [C-]#[N+]c1ccc(-c2c(F)c(C(=O)NCC3CCCN3)n(C)c2-c2ccc3nn(C)cc3c2)cc1F. The number of carbonyl (C=O) groups excluding carboxylic acids is 1. The molecule has 0 spiro atoms. The number of nitrogens with zero attached hydrogens (tertiary/aromatic N) is 4. The van der Waals surface area contributed by atoms with Crippen molar-refractivity contribution in [2.75, 3.05) is 13.1 Å². The van der Waals surface area contributed by atoms with Gasteiger partial charge in [0.25, 0.3) is 5.91 Å². The van der Waals surface area contributed by atoms with Crippen molar-refractivity contribution in [3.63, 3.8) is 0 Å². The average molecular weight is 475 g/mol. The molecule has 1 fully saturated rings. The van der Waals surface area contributed by atoms with Crippen molar-refractivity contribution in [1.82, 2.24) is 25.0 Å². The van der Waals surface area contributed by atoms with Crippen LogP contribution in [0.1, 0.15) is 23.3 Å². The van der Waals surface area contributed by atoms with Crippen LogP contribution in [0.4, 0.5) is 14.5 Å². The molecule has 2 aromatic heterocycles. The molecule has 35 heavy (non-hydrogen) atoms. The lowest BCUT2D eigenvalue weighted by molar-refractivity contribution is 0.0938. The highest BCUT2D eigenvalue weighted by molar-refractivity contribution is 5.99. The van der Waals surface area contributed by atoms with Gasteiger partial charge < -0.3 is 15.2 Å². The Kier molecular flexibility index (Phi) is 5.83. The minimum atomic E-state index is -0.743. The summed E-state index contributed by atoms with van der Waals surface area (Å²) in [6.07, 6.45) is 3.84. The Labute approximate surface area is 201 Å². The molecule has 1 aliphatic rings. The zero-order chi connectivity index (χ0) is 24.7.